The summed E-state index contributed by atoms with van der Waals surface area (Å²) in [4.78, 5) is 14.8. The number of carbonyl (C=O) groups excluding carboxylic acids is 1. The number of carbonyl (C=O) groups is 1. The number of morpholine rings is 1. The zero-order valence-corrected chi connectivity index (χ0v) is 14.3. The molecule has 126 valence electrons. The lowest BCUT2D eigenvalue weighted by atomic mass is 9.73. The topological polar surface area (TPSA) is 53.6 Å². The fourth-order valence-corrected chi connectivity index (χ4v) is 4.83. The highest BCUT2D eigenvalue weighted by atomic mass is 32.2. The molecule has 2 aliphatic heterocycles. The van der Waals surface area contributed by atoms with Crippen LogP contribution >= 0.6 is 11.8 Å². The highest BCUT2D eigenvalue weighted by Crippen LogP contribution is 2.36. The summed E-state index contributed by atoms with van der Waals surface area (Å²) in [6, 6.07) is 0.00836. The molecule has 6 heteroatoms. The van der Waals surface area contributed by atoms with Gasteiger partial charge in [0.25, 0.3) is 0 Å². The third-order valence-electron chi connectivity index (χ3n) is 5.25. The van der Waals surface area contributed by atoms with Crippen LogP contribution < -0.4 is 10.6 Å². The molecule has 1 saturated carbocycles. The molecule has 0 radical (unpaired) electrons. The molecular formula is C16H29N3O2S. The third kappa shape index (κ3) is 4.37. The van der Waals surface area contributed by atoms with Gasteiger partial charge in [-0.25, -0.2) is 0 Å². The second kappa shape index (κ2) is 7.99. The molecule has 0 bridgehead atoms. The summed E-state index contributed by atoms with van der Waals surface area (Å²) in [6.45, 7) is 5.74. The van der Waals surface area contributed by atoms with Gasteiger partial charge in [-0.3, -0.25) is 15.0 Å². The van der Waals surface area contributed by atoms with Crippen molar-refractivity contribution in [1.82, 2.24) is 15.5 Å². The Kier molecular flexibility index (Phi) is 6.02. The zero-order valence-electron chi connectivity index (χ0n) is 13.4. The van der Waals surface area contributed by atoms with Gasteiger partial charge in [-0.1, -0.05) is 19.3 Å². The number of rotatable bonds is 5. The van der Waals surface area contributed by atoms with Crippen LogP contribution in [0.1, 0.15) is 32.1 Å². The van der Waals surface area contributed by atoms with E-state index in [1.165, 1.54) is 32.1 Å². The minimum absolute atomic E-state index is 0.00836. The van der Waals surface area contributed by atoms with Crippen molar-refractivity contribution < 1.29 is 9.53 Å². The predicted octanol–water partition coefficient (Wildman–Crippen LogP) is 1.05. The van der Waals surface area contributed by atoms with E-state index >= 15 is 0 Å². The SMILES string of the molecule is O=C(NCC1(CN2CCOCC2)CCCCC1)[C@H]1CSCN1. The number of thioether (sulfide) groups is 1. The average molecular weight is 327 g/mol. The monoisotopic (exact) mass is 327 g/mol. The molecule has 0 unspecified atom stereocenters. The number of nitrogens with zero attached hydrogens (tertiary/aromatic N) is 1. The standard InChI is InChI=1S/C16H29N3O2S/c20-15(14-10-22-13-18-14)17-11-16(4-2-1-3-5-16)12-19-6-8-21-9-7-19/h14,18H,1-13H2,(H,17,20)/t14-/m1/s1. The fraction of sp³-hybridized carbons (Fsp3) is 0.938. The van der Waals surface area contributed by atoms with Crippen molar-refractivity contribution in [2.75, 3.05) is 51.0 Å². The largest absolute Gasteiger partial charge is 0.379 e. The first-order chi connectivity index (χ1) is 10.8. The van der Waals surface area contributed by atoms with E-state index in [0.29, 0.717) is 0 Å². The highest BCUT2D eigenvalue weighted by molar-refractivity contribution is 7.99. The van der Waals surface area contributed by atoms with Gasteiger partial charge in [-0.15, -0.1) is 11.8 Å². The van der Waals surface area contributed by atoms with E-state index < -0.39 is 0 Å². The molecule has 0 spiro atoms. The minimum atomic E-state index is 0.00836. The molecule has 0 aromatic carbocycles. The van der Waals surface area contributed by atoms with Gasteiger partial charge in [0.15, 0.2) is 0 Å². The molecule has 2 heterocycles. The Morgan fingerprint density at radius 3 is 2.73 bits per heavy atom. The van der Waals surface area contributed by atoms with E-state index in [0.717, 1.165) is 51.0 Å². The van der Waals surface area contributed by atoms with E-state index in [1.54, 1.807) is 11.8 Å². The van der Waals surface area contributed by atoms with Crippen molar-refractivity contribution in [2.45, 2.75) is 38.1 Å². The van der Waals surface area contributed by atoms with Crippen molar-refractivity contribution in [2.24, 2.45) is 5.41 Å². The Balaban J connectivity index is 1.54. The van der Waals surface area contributed by atoms with Crippen LogP contribution in [-0.4, -0.2) is 67.9 Å². The molecule has 2 N–H and O–H groups in total. The Bertz CT molecular complexity index is 362. The van der Waals surface area contributed by atoms with Crippen molar-refractivity contribution in [3.63, 3.8) is 0 Å². The molecule has 22 heavy (non-hydrogen) atoms. The number of amides is 1. The minimum Gasteiger partial charge on any atom is -0.379 e. The molecule has 3 fully saturated rings. The summed E-state index contributed by atoms with van der Waals surface area (Å²) >= 11 is 1.81. The summed E-state index contributed by atoms with van der Waals surface area (Å²) < 4.78 is 5.47. The first-order valence-corrected chi connectivity index (χ1v) is 9.82. The molecule has 3 aliphatic rings. The molecule has 0 aromatic rings. The maximum atomic E-state index is 12.3. The van der Waals surface area contributed by atoms with Crippen LogP contribution in [0.5, 0.6) is 0 Å². The van der Waals surface area contributed by atoms with E-state index in [-0.39, 0.29) is 17.4 Å². The predicted molar refractivity (Wildman–Crippen MR) is 90.0 cm³/mol. The molecule has 1 amide bonds. The Morgan fingerprint density at radius 2 is 2.05 bits per heavy atom. The van der Waals surface area contributed by atoms with Crippen LogP contribution in [0, 0.1) is 5.41 Å². The fourth-order valence-electron chi connectivity index (χ4n) is 3.89. The molecule has 1 atom stereocenters. The van der Waals surface area contributed by atoms with Gasteiger partial charge in [-0.05, 0) is 12.8 Å². The van der Waals surface area contributed by atoms with Crippen molar-refractivity contribution in [3.8, 4) is 0 Å². The normalized spacial score (nSPS) is 29.4. The number of nitrogens with one attached hydrogen (secondary N) is 2. The summed E-state index contributed by atoms with van der Waals surface area (Å²) in [5.74, 6) is 2.00. The molecule has 5 nitrogen and oxygen atoms in total. The third-order valence-corrected chi connectivity index (χ3v) is 6.19. The quantitative estimate of drug-likeness (QED) is 0.790. The number of hydrogen-bond acceptors (Lipinski definition) is 5. The Hall–Kier alpha value is -0.300. The van der Waals surface area contributed by atoms with Gasteiger partial charge in [0.2, 0.25) is 5.91 Å². The van der Waals surface area contributed by atoms with Crippen LogP contribution in [0.4, 0.5) is 0 Å². The second-order valence-electron chi connectivity index (χ2n) is 6.94. The Morgan fingerprint density at radius 1 is 1.27 bits per heavy atom. The maximum Gasteiger partial charge on any atom is 0.238 e. The summed E-state index contributed by atoms with van der Waals surface area (Å²) in [7, 11) is 0. The lowest BCUT2D eigenvalue weighted by Gasteiger charge is -2.42. The zero-order chi connectivity index (χ0) is 15.3. The van der Waals surface area contributed by atoms with Crippen LogP contribution in [0.15, 0.2) is 0 Å². The number of ether oxygens (including phenoxy) is 1. The second-order valence-corrected chi connectivity index (χ2v) is 7.97. The molecule has 0 aromatic heterocycles. The highest BCUT2D eigenvalue weighted by Gasteiger charge is 2.35. The lowest BCUT2D eigenvalue weighted by Crippen LogP contribution is -2.51. The molecular weight excluding hydrogens is 298 g/mol. The smallest absolute Gasteiger partial charge is 0.238 e. The van der Waals surface area contributed by atoms with Gasteiger partial charge < -0.3 is 10.1 Å². The maximum absolute atomic E-state index is 12.3. The lowest BCUT2D eigenvalue weighted by molar-refractivity contribution is -0.123. The summed E-state index contributed by atoms with van der Waals surface area (Å²) in [5.41, 5.74) is 0.275. The van der Waals surface area contributed by atoms with Crippen molar-refractivity contribution in [3.05, 3.63) is 0 Å². The Labute approximate surface area is 137 Å². The first kappa shape index (κ1) is 16.6. The van der Waals surface area contributed by atoms with E-state index in [4.69, 9.17) is 4.74 Å². The van der Waals surface area contributed by atoms with Crippen molar-refractivity contribution >= 4 is 17.7 Å². The summed E-state index contributed by atoms with van der Waals surface area (Å²) in [5, 5.41) is 6.51. The van der Waals surface area contributed by atoms with E-state index in [2.05, 4.69) is 15.5 Å². The average Bonchev–Trinajstić information content (AvgIpc) is 3.09. The van der Waals surface area contributed by atoms with Gasteiger partial charge in [0, 0.05) is 43.2 Å². The van der Waals surface area contributed by atoms with Crippen molar-refractivity contribution in [1.29, 1.82) is 0 Å². The van der Waals surface area contributed by atoms with Crippen LogP contribution in [0.25, 0.3) is 0 Å². The van der Waals surface area contributed by atoms with Crippen LogP contribution in [0.3, 0.4) is 0 Å². The van der Waals surface area contributed by atoms with Gasteiger partial charge in [-0.2, -0.15) is 0 Å². The van der Waals surface area contributed by atoms with Crippen LogP contribution in [0.2, 0.25) is 0 Å². The first-order valence-electron chi connectivity index (χ1n) is 8.66. The molecule has 1 aliphatic carbocycles. The van der Waals surface area contributed by atoms with E-state index in [9.17, 15) is 4.79 Å². The molecule has 3 rings (SSSR count). The number of hydrogen-bond donors (Lipinski definition) is 2. The van der Waals surface area contributed by atoms with Gasteiger partial charge in [0.1, 0.15) is 0 Å². The molecule has 2 saturated heterocycles. The van der Waals surface area contributed by atoms with Gasteiger partial charge >= 0.3 is 0 Å². The summed E-state index contributed by atoms with van der Waals surface area (Å²) in [6.07, 6.45) is 6.45. The van der Waals surface area contributed by atoms with E-state index in [1.807, 2.05) is 0 Å². The van der Waals surface area contributed by atoms with Gasteiger partial charge in [0.05, 0.1) is 19.3 Å². The van der Waals surface area contributed by atoms with Crippen LogP contribution in [-0.2, 0) is 9.53 Å².